The van der Waals surface area contributed by atoms with Crippen LogP contribution >= 0.6 is 34.5 Å². The highest BCUT2D eigenvalue weighted by atomic mass is 35.5. The van der Waals surface area contributed by atoms with Gasteiger partial charge in [0.25, 0.3) is 5.91 Å². The second-order valence-corrected chi connectivity index (χ2v) is 7.92. The van der Waals surface area contributed by atoms with Crippen molar-refractivity contribution in [2.24, 2.45) is 0 Å². The minimum absolute atomic E-state index is 0.0209. The number of rotatable bonds is 5. The lowest BCUT2D eigenvalue weighted by atomic mass is 10.1. The smallest absolute Gasteiger partial charge is 0.264 e. The third kappa shape index (κ3) is 4.38. The van der Waals surface area contributed by atoms with E-state index >= 15 is 0 Å². The van der Waals surface area contributed by atoms with Crippen LogP contribution in [0.1, 0.15) is 34.2 Å². The molecule has 0 bridgehead atoms. The number of carbonyl (C=O) groups is 2. The van der Waals surface area contributed by atoms with Crippen molar-refractivity contribution in [3.63, 3.8) is 0 Å². The lowest BCUT2D eigenvalue weighted by Gasteiger charge is -2.24. The molecule has 0 radical (unpaired) electrons. The minimum Gasteiger partial charge on any atom is -0.387 e. The van der Waals surface area contributed by atoms with Gasteiger partial charge in [-0.05, 0) is 48.1 Å². The van der Waals surface area contributed by atoms with Crippen LogP contribution in [-0.2, 0) is 4.79 Å². The van der Waals surface area contributed by atoms with Crippen molar-refractivity contribution < 1.29 is 14.7 Å². The number of aliphatic hydroxyl groups excluding tert-OH is 1. The van der Waals surface area contributed by atoms with Gasteiger partial charge >= 0.3 is 0 Å². The Kier molecular flexibility index (Phi) is 6.19. The van der Waals surface area contributed by atoms with Gasteiger partial charge < -0.3 is 15.3 Å². The summed E-state index contributed by atoms with van der Waals surface area (Å²) < 4.78 is 0. The highest BCUT2D eigenvalue weighted by molar-refractivity contribution is 7.12. The van der Waals surface area contributed by atoms with Gasteiger partial charge in [-0.2, -0.15) is 0 Å². The van der Waals surface area contributed by atoms with E-state index in [2.05, 4.69) is 5.32 Å². The fourth-order valence-corrected chi connectivity index (χ4v) is 4.25. The van der Waals surface area contributed by atoms with Gasteiger partial charge in [-0.3, -0.25) is 9.59 Å². The topological polar surface area (TPSA) is 69.6 Å². The zero-order valence-corrected chi connectivity index (χ0v) is 16.2. The molecular weight excluding hydrogens is 395 g/mol. The predicted molar refractivity (Wildman–Crippen MR) is 103 cm³/mol. The van der Waals surface area contributed by atoms with Gasteiger partial charge in [0.1, 0.15) is 6.04 Å². The third-order valence-corrected chi connectivity index (χ3v) is 5.58. The molecule has 1 fully saturated rings. The number of thiophene rings is 1. The van der Waals surface area contributed by atoms with Crippen molar-refractivity contribution in [2.45, 2.75) is 25.0 Å². The number of amides is 2. The van der Waals surface area contributed by atoms with Crippen molar-refractivity contribution in [3.05, 3.63) is 56.2 Å². The summed E-state index contributed by atoms with van der Waals surface area (Å²) in [6.07, 6.45) is 0.460. The van der Waals surface area contributed by atoms with E-state index in [0.29, 0.717) is 33.5 Å². The number of halogens is 2. The monoisotopic (exact) mass is 412 g/mol. The fourth-order valence-electron chi connectivity index (χ4n) is 3.02. The van der Waals surface area contributed by atoms with Crippen molar-refractivity contribution in [1.29, 1.82) is 0 Å². The zero-order chi connectivity index (χ0) is 18.7. The zero-order valence-electron chi connectivity index (χ0n) is 13.8. The Bertz CT molecular complexity index is 777. The molecule has 1 aliphatic rings. The Hall–Kier alpha value is -1.60. The molecule has 0 spiro atoms. The number of likely N-dealkylation sites (tertiary alicyclic amines) is 1. The summed E-state index contributed by atoms with van der Waals surface area (Å²) in [6, 6.07) is 7.84. The maximum atomic E-state index is 12.5. The van der Waals surface area contributed by atoms with Crippen molar-refractivity contribution in [2.75, 3.05) is 13.1 Å². The minimum atomic E-state index is -0.932. The second-order valence-electron chi connectivity index (χ2n) is 6.10. The molecule has 1 aromatic heterocycles. The molecule has 3 rings (SSSR count). The standard InChI is InChI=1S/C18H18Cl2N2O3S/c19-12-7-11(8-13(20)9-12)15(23)10-21-17(24)14-3-1-5-22(14)18(25)16-4-2-6-26-16/h2,4,6-9,14-15,23H,1,3,5,10H2,(H,21,24)/t14-,15+/m0/s1. The first-order valence-electron chi connectivity index (χ1n) is 8.22. The predicted octanol–water partition coefficient (Wildman–Crippen LogP) is 3.51. The van der Waals surface area contributed by atoms with Gasteiger partial charge in [0.05, 0.1) is 11.0 Å². The van der Waals surface area contributed by atoms with Gasteiger partial charge in [0.15, 0.2) is 0 Å². The van der Waals surface area contributed by atoms with Gasteiger partial charge in [-0.25, -0.2) is 0 Å². The first-order valence-corrected chi connectivity index (χ1v) is 9.85. The molecule has 1 saturated heterocycles. The molecule has 2 N–H and O–H groups in total. The summed E-state index contributed by atoms with van der Waals surface area (Å²) in [5.41, 5.74) is 0.528. The van der Waals surface area contributed by atoms with E-state index in [1.165, 1.54) is 11.3 Å². The van der Waals surface area contributed by atoms with Gasteiger partial charge in [0.2, 0.25) is 5.91 Å². The first-order chi connectivity index (χ1) is 12.5. The van der Waals surface area contributed by atoms with E-state index < -0.39 is 12.1 Å². The van der Waals surface area contributed by atoms with Crippen LogP contribution in [0.3, 0.4) is 0 Å². The summed E-state index contributed by atoms with van der Waals surface area (Å²) in [5, 5.41) is 15.7. The van der Waals surface area contributed by atoms with E-state index in [4.69, 9.17) is 23.2 Å². The first kappa shape index (κ1) is 19.2. The largest absolute Gasteiger partial charge is 0.387 e. The van der Waals surface area contributed by atoms with E-state index in [9.17, 15) is 14.7 Å². The molecule has 2 aromatic rings. The summed E-state index contributed by atoms with van der Waals surface area (Å²) in [4.78, 5) is 27.3. The van der Waals surface area contributed by atoms with Crippen LogP contribution in [0.5, 0.6) is 0 Å². The van der Waals surface area contributed by atoms with Crippen molar-refractivity contribution in [1.82, 2.24) is 10.2 Å². The molecule has 0 unspecified atom stereocenters. The van der Waals surface area contributed by atoms with Crippen LogP contribution in [0.4, 0.5) is 0 Å². The molecule has 5 nitrogen and oxygen atoms in total. The van der Waals surface area contributed by atoms with Crippen LogP contribution in [0.25, 0.3) is 0 Å². The molecule has 1 aromatic carbocycles. The average molecular weight is 413 g/mol. The second kappa shape index (κ2) is 8.39. The summed E-state index contributed by atoms with van der Waals surface area (Å²) in [6.45, 7) is 0.578. The number of aliphatic hydroxyl groups is 1. The van der Waals surface area contributed by atoms with Crippen LogP contribution < -0.4 is 5.32 Å². The lowest BCUT2D eigenvalue weighted by Crippen LogP contribution is -2.46. The molecule has 2 atom stereocenters. The van der Waals surface area contributed by atoms with Crippen LogP contribution in [-0.4, -0.2) is 41.0 Å². The highest BCUT2D eigenvalue weighted by Gasteiger charge is 2.34. The molecule has 0 aliphatic carbocycles. The quantitative estimate of drug-likeness (QED) is 0.788. The Labute approximate surface area is 165 Å². The molecule has 8 heteroatoms. The number of hydrogen-bond acceptors (Lipinski definition) is 4. The van der Waals surface area contributed by atoms with Crippen LogP contribution in [0.2, 0.25) is 10.0 Å². The normalized spacial score (nSPS) is 18.0. The van der Waals surface area contributed by atoms with Crippen LogP contribution in [0.15, 0.2) is 35.7 Å². The third-order valence-electron chi connectivity index (χ3n) is 4.29. The maximum Gasteiger partial charge on any atom is 0.264 e. The van der Waals surface area contributed by atoms with Gasteiger partial charge in [0, 0.05) is 23.1 Å². The number of carbonyl (C=O) groups excluding carboxylic acids is 2. The molecule has 1 aliphatic heterocycles. The molecule has 2 heterocycles. The fraction of sp³-hybridized carbons (Fsp3) is 0.333. The molecular formula is C18H18Cl2N2O3S. The van der Waals surface area contributed by atoms with Crippen molar-refractivity contribution in [3.8, 4) is 0 Å². The number of benzene rings is 1. The lowest BCUT2D eigenvalue weighted by molar-refractivity contribution is -0.125. The van der Waals surface area contributed by atoms with Crippen molar-refractivity contribution >= 4 is 46.4 Å². The molecule has 26 heavy (non-hydrogen) atoms. The van der Waals surface area contributed by atoms with E-state index in [1.54, 1.807) is 29.2 Å². The number of nitrogens with one attached hydrogen (secondary N) is 1. The Morgan fingerprint density at radius 1 is 1.31 bits per heavy atom. The Balaban J connectivity index is 1.61. The SMILES string of the molecule is O=C(NC[C@@H](O)c1cc(Cl)cc(Cl)c1)[C@@H]1CCCN1C(=O)c1cccs1. The highest BCUT2D eigenvalue weighted by Crippen LogP contribution is 2.24. The van der Waals surface area contributed by atoms with Gasteiger partial charge in [-0.15, -0.1) is 11.3 Å². The van der Waals surface area contributed by atoms with E-state index in [-0.39, 0.29) is 18.4 Å². The summed E-state index contributed by atoms with van der Waals surface area (Å²) in [5.74, 6) is -0.389. The summed E-state index contributed by atoms with van der Waals surface area (Å²) in [7, 11) is 0. The van der Waals surface area contributed by atoms with Gasteiger partial charge in [-0.1, -0.05) is 29.3 Å². The Morgan fingerprint density at radius 2 is 2.04 bits per heavy atom. The Morgan fingerprint density at radius 3 is 2.69 bits per heavy atom. The molecule has 2 amide bonds. The molecule has 0 saturated carbocycles. The average Bonchev–Trinajstić information content (AvgIpc) is 3.29. The van der Waals surface area contributed by atoms with E-state index in [0.717, 1.165) is 6.42 Å². The number of nitrogens with zero attached hydrogens (tertiary/aromatic N) is 1. The molecule has 138 valence electrons. The number of hydrogen-bond donors (Lipinski definition) is 2. The maximum absolute atomic E-state index is 12.5. The summed E-state index contributed by atoms with van der Waals surface area (Å²) >= 11 is 13.2. The van der Waals surface area contributed by atoms with E-state index in [1.807, 2.05) is 11.4 Å². The van der Waals surface area contributed by atoms with Crippen LogP contribution in [0, 0.1) is 0 Å².